The van der Waals surface area contributed by atoms with Crippen molar-refractivity contribution in [2.45, 2.75) is 19.6 Å². The molecule has 0 aliphatic heterocycles. The molecule has 0 unspecified atom stereocenters. The van der Waals surface area contributed by atoms with Crippen LogP contribution in [0.25, 0.3) is 0 Å². The van der Waals surface area contributed by atoms with Crippen molar-refractivity contribution in [3.8, 4) is 0 Å². The van der Waals surface area contributed by atoms with Crippen LogP contribution in [-0.4, -0.2) is 23.3 Å². The topological polar surface area (TPSA) is 27.1 Å². The highest BCUT2D eigenvalue weighted by atomic mass is 19.3. The lowest BCUT2D eigenvalue weighted by atomic mass is 10.4. The summed E-state index contributed by atoms with van der Waals surface area (Å²) in [6.07, 6.45) is -0.892. The van der Waals surface area contributed by atoms with Gasteiger partial charge in [-0.05, 0) is 6.07 Å². The molecule has 0 atom stereocenters. The maximum atomic E-state index is 11.9. The van der Waals surface area contributed by atoms with Crippen molar-refractivity contribution in [2.75, 3.05) is 7.11 Å². The van der Waals surface area contributed by atoms with Gasteiger partial charge in [-0.2, -0.15) is 5.10 Å². The molecule has 1 aromatic heterocycles. The van der Waals surface area contributed by atoms with Crippen molar-refractivity contribution in [3.05, 3.63) is 18.0 Å². The van der Waals surface area contributed by atoms with Gasteiger partial charge in [-0.15, -0.1) is 0 Å². The van der Waals surface area contributed by atoms with Gasteiger partial charge in [0.25, 0.3) is 6.43 Å². The molecule has 0 N–H and O–H groups in total. The fourth-order valence-electron chi connectivity index (χ4n) is 0.926. The molecule has 0 amide bonds. The van der Waals surface area contributed by atoms with Gasteiger partial charge in [-0.3, -0.25) is 4.68 Å². The Hall–Kier alpha value is -0.970. The van der Waals surface area contributed by atoms with Gasteiger partial charge in [0.05, 0.1) is 12.3 Å². The van der Waals surface area contributed by atoms with E-state index in [0.29, 0.717) is 12.3 Å². The fourth-order valence-corrected chi connectivity index (χ4v) is 0.926. The molecule has 3 nitrogen and oxygen atoms in total. The Bertz CT molecular complexity index is 237. The summed E-state index contributed by atoms with van der Waals surface area (Å²) in [5.74, 6) is 0. The van der Waals surface area contributed by atoms with Crippen LogP contribution in [0.3, 0.4) is 0 Å². The van der Waals surface area contributed by atoms with E-state index in [0.717, 1.165) is 0 Å². The average Bonchev–Trinajstić information content (AvgIpc) is 2.37. The van der Waals surface area contributed by atoms with Gasteiger partial charge in [0.1, 0.15) is 6.54 Å². The molecular formula is C7H10F2N2O. The minimum absolute atomic E-state index is 0.312. The Kier molecular flexibility index (Phi) is 3.16. The van der Waals surface area contributed by atoms with Crippen molar-refractivity contribution >= 4 is 0 Å². The summed E-state index contributed by atoms with van der Waals surface area (Å²) in [5.41, 5.74) is 0.665. The normalized spacial score (nSPS) is 11.0. The first kappa shape index (κ1) is 9.12. The summed E-state index contributed by atoms with van der Waals surface area (Å²) < 4.78 is 29.9. The average molecular weight is 176 g/mol. The van der Waals surface area contributed by atoms with E-state index in [-0.39, 0.29) is 6.54 Å². The molecule has 0 spiro atoms. The van der Waals surface area contributed by atoms with E-state index in [2.05, 4.69) is 5.10 Å². The molecular weight excluding hydrogens is 166 g/mol. The van der Waals surface area contributed by atoms with E-state index in [4.69, 9.17) is 4.74 Å². The molecule has 0 bridgehead atoms. The van der Waals surface area contributed by atoms with E-state index < -0.39 is 6.43 Å². The molecule has 1 rings (SSSR count). The first-order chi connectivity index (χ1) is 5.74. The largest absolute Gasteiger partial charge is 0.378 e. The number of aromatic nitrogens is 2. The Labute approximate surface area is 68.9 Å². The predicted octanol–water partition coefficient (Wildman–Crippen LogP) is 1.29. The predicted molar refractivity (Wildman–Crippen MR) is 38.9 cm³/mol. The van der Waals surface area contributed by atoms with Crippen LogP contribution in [0.15, 0.2) is 12.3 Å². The van der Waals surface area contributed by atoms with Crippen LogP contribution < -0.4 is 0 Å². The lowest BCUT2D eigenvalue weighted by Crippen LogP contribution is -2.11. The molecule has 0 saturated carbocycles. The minimum atomic E-state index is -2.37. The van der Waals surface area contributed by atoms with Crippen LogP contribution in [0.5, 0.6) is 0 Å². The monoisotopic (exact) mass is 176 g/mol. The molecule has 0 aliphatic carbocycles. The molecule has 0 fully saturated rings. The van der Waals surface area contributed by atoms with Crippen LogP contribution in [0, 0.1) is 0 Å². The maximum absolute atomic E-state index is 11.9. The Morgan fingerprint density at radius 1 is 1.67 bits per heavy atom. The summed E-state index contributed by atoms with van der Waals surface area (Å²) in [5, 5.41) is 3.73. The zero-order valence-electron chi connectivity index (χ0n) is 6.70. The highest BCUT2D eigenvalue weighted by Crippen LogP contribution is 2.04. The SMILES string of the molecule is COCc1ccnn1CC(F)F. The molecule has 0 radical (unpaired) electrons. The molecule has 0 saturated heterocycles. The minimum Gasteiger partial charge on any atom is -0.378 e. The highest BCUT2D eigenvalue weighted by Gasteiger charge is 2.07. The van der Waals surface area contributed by atoms with Gasteiger partial charge in [0.2, 0.25) is 0 Å². The van der Waals surface area contributed by atoms with Crippen molar-refractivity contribution in [2.24, 2.45) is 0 Å². The number of hydrogen-bond acceptors (Lipinski definition) is 2. The summed E-state index contributed by atoms with van der Waals surface area (Å²) in [4.78, 5) is 0. The second-order valence-corrected chi connectivity index (χ2v) is 2.33. The first-order valence-electron chi connectivity index (χ1n) is 3.52. The molecule has 1 heterocycles. The molecule has 0 aliphatic rings. The molecule has 1 aromatic rings. The third-order valence-electron chi connectivity index (χ3n) is 1.41. The third-order valence-corrected chi connectivity index (χ3v) is 1.41. The Balaban J connectivity index is 2.63. The smallest absolute Gasteiger partial charge is 0.257 e. The summed E-state index contributed by atoms with van der Waals surface area (Å²) in [6.45, 7) is -0.0571. The zero-order valence-corrected chi connectivity index (χ0v) is 6.70. The van der Waals surface area contributed by atoms with Crippen LogP contribution in [0.4, 0.5) is 8.78 Å². The van der Waals surface area contributed by atoms with Gasteiger partial charge in [0.15, 0.2) is 0 Å². The van der Waals surface area contributed by atoms with Crippen molar-refractivity contribution in [1.82, 2.24) is 9.78 Å². The third kappa shape index (κ3) is 2.27. The maximum Gasteiger partial charge on any atom is 0.257 e. The van der Waals surface area contributed by atoms with E-state index in [1.54, 1.807) is 6.07 Å². The fraction of sp³-hybridized carbons (Fsp3) is 0.571. The summed E-state index contributed by atoms with van der Waals surface area (Å²) in [6, 6.07) is 1.66. The van der Waals surface area contributed by atoms with Gasteiger partial charge >= 0.3 is 0 Å². The number of rotatable bonds is 4. The Morgan fingerprint density at radius 2 is 2.42 bits per heavy atom. The van der Waals surface area contributed by atoms with Gasteiger partial charge in [-0.25, -0.2) is 8.78 Å². The van der Waals surface area contributed by atoms with Crippen LogP contribution in [0.2, 0.25) is 0 Å². The highest BCUT2D eigenvalue weighted by molar-refractivity contribution is 4.98. The Morgan fingerprint density at radius 3 is 3.00 bits per heavy atom. The number of ether oxygens (including phenoxy) is 1. The van der Waals surface area contributed by atoms with Crippen molar-refractivity contribution in [1.29, 1.82) is 0 Å². The molecule has 5 heteroatoms. The van der Waals surface area contributed by atoms with Crippen LogP contribution >= 0.6 is 0 Å². The van der Waals surface area contributed by atoms with Crippen LogP contribution in [0.1, 0.15) is 5.69 Å². The first-order valence-corrected chi connectivity index (χ1v) is 3.52. The van der Waals surface area contributed by atoms with Gasteiger partial charge in [0, 0.05) is 13.3 Å². The number of halogens is 2. The lowest BCUT2D eigenvalue weighted by molar-refractivity contribution is 0.114. The van der Waals surface area contributed by atoms with Crippen LogP contribution in [-0.2, 0) is 17.9 Å². The second kappa shape index (κ2) is 4.15. The van der Waals surface area contributed by atoms with E-state index in [1.165, 1.54) is 18.0 Å². The number of hydrogen-bond donors (Lipinski definition) is 0. The van der Waals surface area contributed by atoms with Gasteiger partial charge in [-0.1, -0.05) is 0 Å². The summed E-state index contributed by atoms with van der Waals surface area (Å²) in [7, 11) is 1.51. The number of nitrogens with zero attached hydrogens (tertiary/aromatic N) is 2. The number of alkyl halides is 2. The number of methoxy groups -OCH3 is 1. The van der Waals surface area contributed by atoms with E-state index in [1.807, 2.05) is 0 Å². The quantitative estimate of drug-likeness (QED) is 0.691. The van der Waals surface area contributed by atoms with Crippen molar-refractivity contribution < 1.29 is 13.5 Å². The molecule has 68 valence electrons. The van der Waals surface area contributed by atoms with Crippen molar-refractivity contribution in [3.63, 3.8) is 0 Å². The van der Waals surface area contributed by atoms with E-state index in [9.17, 15) is 8.78 Å². The molecule has 0 aromatic carbocycles. The molecule has 12 heavy (non-hydrogen) atoms. The lowest BCUT2D eigenvalue weighted by Gasteiger charge is -2.04. The van der Waals surface area contributed by atoms with Gasteiger partial charge < -0.3 is 4.74 Å². The summed E-state index contributed by atoms with van der Waals surface area (Å²) >= 11 is 0. The standard InChI is InChI=1S/C7H10F2N2O/c1-12-5-6-2-3-10-11(6)4-7(8)9/h2-3,7H,4-5H2,1H3. The second-order valence-electron chi connectivity index (χ2n) is 2.33. The zero-order chi connectivity index (χ0) is 8.97. The van der Waals surface area contributed by atoms with E-state index >= 15 is 0 Å².